The Morgan fingerprint density at radius 1 is 1.08 bits per heavy atom. The van der Waals surface area contributed by atoms with Gasteiger partial charge in [-0.1, -0.05) is 11.6 Å². The number of pyridine rings is 1. The van der Waals surface area contributed by atoms with Crippen LogP contribution in [0.2, 0.25) is 5.02 Å². The van der Waals surface area contributed by atoms with Gasteiger partial charge in [-0.2, -0.15) is 13.2 Å². The number of hydrogen-bond acceptors (Lipinski definition) is 3. The van der Waals surface area contributed by atoms with Crippen molar-refractivity contribution in [2.45, 2.75) is 17.6 Å². The smallest absolute Gasteiger partial charge is 0.305 e. The molecule has 0 unspecified atom stereocenters. The Morgan fingerprint density at radius 3 is 2.40 bits per heavy atom. The number of alkyl halides is 3. The molecule has 25 heavy (non-hydrogen) atoms. The van der Waals surface area contributed by atoms with Crippen LogP contribution >= 0.6 is 11.6 Å². The van der Waals surface area contributed by atoms with E-state index in [9.17, 15) is 21.6 Å². The summed E-state index contributed by atoms with van der Waals surface area (Å²) >= 11 is 5.86. The Kier molecular flexibility index (Phi) is 4.48. The Hall–Kier alpha value is -2.10. The van der Waals surface area contributed by atoms with Crippen molar-refractivity contribution in [3.8, 4) is 0 Å². The van der Waals surface area contributed by atoms with Gasteiger partial charge in [-0.15, -0.1) is 0 Å². The van der Waals surface area contributed by atoms with Crippen molar-refractivity contribution in [2.75, 3.05) is 0 Å². The SMILES string of the molecule is O=S(=O)(NCc1cn2cc(Cl)ccc2n1)c1ccc(C(F)(F)F)cc1. The molecule has 0 bridgehead atoms. The molecule has 0 radical (unpaired) electrons. The van der Waals surface area contributed by atoms with Crippen LogP contribution < -0.4 is 4.72 Å². The molecule has 2 aromatic heterocycles. The second-order valence-corrected chi connectivity index (χ2v) is 7.40. The molecule has 132 valence electrons. The minimum atomic E-state index is -4.52. The monoisotopic (exact) mass is 389 g/mol. The topological polar surface area (TPSA) is 63.5 Å². The molecule has 3 rings (SSSR count). The van der Waals surface area contributed by atoms with Crippen LogP contribution in [-0.2, 0) is 22.7 Å². The summed E-state index contributed by atoms with van der Waals surface area (Å²) in [5.74, 6) is 0. The van der Waals surface area contributed by atoms with Crippen LogP contribution in [0.15, 0.2) is 53.7 Å². The number of imidazole rings is 1. The first kappa shape index (κ1) is 17.7. The standard InChI is InChI=1S/C15H11ClF3N3O2S/c16-11-3-6-14-21-12(9-22(14)8-11)7-20-25(23,24)13-4-1-10(2-5-13)15(17,18)19/h1-6,8-9,20H,7H2. The molecule has 0 amide bonds. The minimum absolute atomic E-state index is 0.108. The second kappa shape index (κ2) is 6.32. The number of hydrogen-bond donors (Lipinski definition) is 1. The van der Waals surface area contributed by atoms with Crippen LogP contribution in [-0.4, -0.2) is 17.8 Å². The van der Waals surface area contributed by atoms with E-state index in [0.29, 0.717) is 16.4 Å². The molecule has 0 saturated heterocycles. The number of nitrogens with zero attached hydrogens (tertiary/aromatic N) is 2. The summed E-state index contributed by atoms with van der Waals surface area (Å²) in [4.78, 5) is 3.97. The summed E-state index contributed by atoms with van der Waals surface area (Å²) in [6, 6.07) is 6.60. The summed E-state index contributed by atoms with van der Waals surface area (Å²) in [6.45, 7) is -0.108. The summed E-state index contributed by atoms with van der Waals surface area (Å²) in [7, 11) is -3.96. The maximum Gasteiger partial charge on any atom is 0.416 e. The Balaban J connectivity index is 1.76. The summed E-state index contributed by atoms with van der Waals surface area (Å²) in [5.41, 5.74) is 0.120. The van der Waals surface area contributed by atoms with Crippen molar-refractivity contribution >= 4 is 27.3 Å². The maximum absolute atomic E-state index is 12.5. The highest BCUT2D eigenvalue weighted by molar-refractivity contribution is 7.89. The molecule has 5 nitrogen and oxygen atoms in total. The number of nitrogens with one attached hydrogen (secondary N) is 1. The van der Waals surface area contributed by atoms with E-state index in [1.54, 1.807) is 28.9 Å². The fraction of sp³-hybridized carbons (Fsp3) is 0.133. The van der Waals surface area contributed by atoms with E-state index < -0.39 is 21.8 Å². The van der Waals surface area contributed by atoms with E-state index in [1.807, 2.05) is 0 Å². The highest BCUT2D eigenvalue weighted by Gasteiger charge is 2.30. The molecule has 0 aliphatic rings. The highest BCUT2D eigenvalue weighted by atomic mass is 35.5. The number of aromatic nitrogens is 2. The van der Waals surface area contributed by atoms with E-state index in [2.05, 4.69) is 9.71 Å². The molecule has 0 atom stereocenters. The zero-order valence-electron chi connectivity index (χ0n) is 12.5. The predicted molar refractivity (Wildman–Crippen MR) is 85.7 cm³/mol. The first-order valence-electron chi connectivity index (χ1n) is 6.95. The highest BCUT2D eigenvalue weighted by Crippen LogP contribution is 2.29. The van der Waals surface area contributed by atoms with Gasteiger partial charge in [0.25, 0.3) is 0 Å². The average molecular weight is 390 g/mol. The van der Waals surface area contributed by atoms with E-state index >= 15 is 0 Å². The third-order valence-corrected chi connectivity index (χ3v) is 5.04. The van der Waals surface area contributed by atoms with E-state index in [0.717, 1.165) is 24.3 Å². The van der Waals surface area contributed by atoms with Crippen molar-refractivity contribution in [1.29, 1.82) is 0 Å². The summed E-state index contributed by atoms with van der Waals surface area (Å²) in [6.07, 6.45) is -1.29. The lowest BCUT2D eigenvalue weighted by Gasteiger charge is -2.08. The van der Waals surface area contributed by atoms with E-state index in [4.69, 9.17) is 11.6 Å². The van der Waals surface area contributed by atoms with E-state index in [1.165, 1.54) is 0 Å². The largest absolute Gasteiger partial charge is 0.416 e. The Labute approximate surface area is 146 Å². The molecule has 1 N–H and O–H groups in total. The van der Waals surface area contributed by atoms with Crippen LogP contribution in [0.25, 0.3) is 5.65 Å². The van der Waals surface area contributed by atoms with Gasteiger partial charge in [-0.3, -0.25) is 0 Å². The summed E-state index contributed by atoms with van der Waals surface area (Å²) in [5, 5.41) is 0.502. The van der Waals surface area contributed by atoms with Crippen LogP contribution in [0.1, 0.15) is 11.3 Å². The lowest BCUT2D eigenvalue weighted by atomic mass is 10.2. The lowest BCUT2D eigenvalue weighted by Crippen LogP contribution is -2.23. The normalized spacial score (nSPS) is 12.6. The Morgan fingerprint density at radius 2 is 1.76 bits per heavy atom. The number of rotatable bonds is 4. The summed E-state index contributed by atoms with van der Waals surface area (Å²) < 4.78 is 65.9. The quantitative estimate of drug-likeness (QED) is 0.743. The van der Waals surface area contributed by atoms with Gasteiger partial charge in [-0.05, 0) is 36.4 Å². The van der Waals surface area contributed by atoms with Crippen LogP contribution in [0.5, 0.6) is 0 Å². The molecule has 0 fully saturated rings. The van der Waals surface area contributed by atoms with Crippen LogP contribution in [0.3, 0.4) is 0 Å². The minimum Gasteiger partial charge on any atom is -0.305 e. The number of fused-ring (bicyclic) bond motifs is 1. The molecule has 0 aliphatic heterocycles. The van der Waals surface area contributed by atoms with Gasteiger partial charge in [0.2, 0.25) is 10.0 Å². The molecular formula is C15H11ClF3N3O2S. The number of halogens is 4. The lowest BCUT2D eigenvalue weighted by molar-refractivity contribution is -0.137. The Bertz CT molecular complexity index is 1010. The van der Waals surface area contributed by atoms with Gasteiger partial charge in [0.05, 0.1) is 27.7 Å². The second-order valence-electron chi connectivity index (χ2n) is 5.19. The first-order valence-corrected chi connectivity index (χ1v) is 8.81. The van der Waals surface area contributed by atoms with Gasteiger partial charge < -0.3 is 4.40 Å². The molecular weight excluding hydrogens is 379 g/mol. The van der Waals surface area contributed by atoms with Crippen molar-refractivity contribution in [3.63, 3.8) is 0 Å². The first-order chi connectivity index (χ1) is 11.6. The molecule has 2 heterocycles. The van der Waals surface area contributed by atoms with Crippen molar-refractivity contribution in [1.82, 2.24) is 14.1 Å². The zero-order chi connectivity index (χ0) is 18.2. The van der Waals surface area contributed by atoms with E-state index in [-0.39, 0.29) is 11.4 Å². The predicted octanol–water partition coefficient (Wildman–Crippen LogP) is 3.49. The van der Waals surface area contributed by atoms with Crippen LogP contribution in [0, 0.1) is 0 Å². The zero-order valence-corrected chi connectivity index (χ0v) is 14.0. The number of sulfonamides is 1. The van der Waals surface area contributed by atoms with Gasteiger partial charge in [-0.25, -0.2) is 18.1 Å². The molecule has 0 aliphatic carbocycles. The van der Waals surface area contributed by atoms with Gasteiger partial charge >= 0.3 is 6.18 Å². The molecule has 0 spiro atoms. The molecule has 1 aromatic carbocycles. The molecule has 0 saturated carbocycles. The fourth-order valence-electron chi connectivity index (χ4n) is 2.18. The van der Waals surface area contributed by atoms with Gasteiger partial charge in [0.15, 0.2) is 0 Å². The number of benzene rings is 1. The van der Waals surface area contributed by atoms with Gasteiger partial charge in [0, 0.05) is 12.4 Å². The maximum atomic E-state index is 12.5. The molecule has 3 aromatic rings. The van der Waals surface area contributed by atoms with Gasteiger partial charge in [0.1, 0.15) is 5.65 Å². The molecule has 10 heteroatoms. The average Bonchev–Trinajstić information content (AvgIpc) is 2.94. The van der Waals surface area contributed by atoms with Crippen molar-refractivity contribution < 1.29 is 21.6 Å². The van der Waals surface area contributed by atoms with Crippen molar-refractivity contribution in [2.24, 2.45) is 0 Å². The van der Waals surface area contributed by atoms with Crippen molar-refractivity contribution in [3.05, 3.63) is 65.1 Å². The van der Waals surface area contributed by atoms with Crippen LogP contribution in [0.4, 0.5) is 13.2 Å². The third-order valence-electron chi connectivity index (χ3n) is 3.40. The fourth-order valence-corrected chi connectivity index (χ4v) is 3.34. The third kappa shape index (κ3) is 3.94.